The summed E-state index contributed by atoms with van der Waals surface area (Å²) in [6.07, 6.45) is -0.644. The molecule has 0 saturated carbocycles. The van der Waals surface area contributed by atoms with Gasteiger partial charge in [0.1, 0.15) is 12.3 Å². The van der Waals surface area contributed by atoms with Gasteiger partial charge in [0, 0.05) is 5.69 Å². The molecule has 0 spiro atoms. The number of benzene rings is 1. The quantitative estimate of drug-likeness (QED) is 0.793. The van der Waals surface area contributed by atoms with E-state index in [-0.39, 0.29) is 24.7 Å². The molecule has 1 aromatic heterocycles. The van der Waals surface area contributed by atoms with Gasteiger partial charge in [0.05, 0.1) is 13.7 Å². The highest BCUT2D eigenvalue weighted by atomic mass is 16.5. The standard InChI is InChI=1S/C17H20N2O5/c1-4-23-16(20)14-15(22-3)13(11(2)18-14)19-17(21)24-10-12-8-6-5-7-9-12/h5-9,18H,4,10H2,1-3H3,(H,19,21). The molecular weight excluding hydrogens is 312 g/mol. The van der Waals surface area contributed by atoms with E-state index >= 15 is 0 Å². The second-order valence-corrected chi connectivity index (χ2v) is 4.94. The number of carbonyl (C=O) groups is 2. The summed E-state index contributed by atoms with van der Waals surface area (Å²) >= 11 is 0. The topological polar surface area (TPSA) is 89.7 Å². The van der Waals surface area contributed by atoms with Crippen LogP contribution in [0.5, 0.6) is 5.75 Å². The second-order valence-electron chi connectivity index (χ2n) is 4.94. The van der Waals surface area contributed by atoms with Crippen molar-refractivity contribution in [3.8, 4) is 5.75 Å². The Balaban J connectivity index is 2.08. The first-order valence-corrected chi connectivity index (χ1v) is 7.48. The molecule has 0 fully saturated rings. The van der Waals surface area contributed by atoms with E-state index in [2.05, 4.69) is 10.3 Å². The highest BCUT2D eigenvalue weighted by Crippen LogP contribution is 2.33. The fourth-order valence-electron chi connectivity index (χ4n) is 2.16. The number of aryl methyl sites for hydroxylation is 1. The van der Waals surface area contributed by atoms with E-state index in [0.717, 1.165) is 5.56 Å². The van der Waals surface area contributed by atoms with Gasteiger partial charge in [0.15, 0.2) is 11.4 Å². The lowest BCUT2D eigenvalue weighted by Crippen LogP contribution is -2.14. The van der Waals surface area contributed by atoms with Crippen LogP contribution in [-0.2, 0) is 16.1 Å². The first-order valence-electron chi connectivity index (χ1n) is 7.48. The maximum atomic E-state index is 12.0. The average Bonchev–Trinajstić information content (AvgIpc) is 2.90. The molecule has 1 aromatic carbocycles. The smallest absolute Gasteiger partial charge is 0.412 e. The molecule has 7 heteroatoms. The molecule has 2 rings (SSSR count). The minimum Gasteiger partial charge on any atom is -0.492 e. The number of carbonyl (C=O) groups excluding carboxylic acids is 2. The number of hydrogen-bond donors (Lipinski definition) is 2. The molecule has 0 radical (unpaired) electrons. The Hall–Kier alpha value is -2.96. The molecule has 7 nitrogen and oxygen atoms in total. The normalized spacial score (nSPS) is 10.1. The fourth-order valence-corrected chi connectivity index (χ4v) is 2.16. The van der Waals surface area contributed by atoms with Crippen LogP contribution in [0.15, 0.2) is 30.3 Å². The molecule has 24 heavy (non-hydrogen) atoms. The Morgan fingerprint density at radius 3 is 2.50 bits per heavy atom. The molecule has 0 atom stereocenters. The molecule has 0 bridgehead atoms. The van der Waals surface area contributed by atoms with Gasteiger partial charge in [-0.2, -0.15) is 0 Å². The number of rotatable bonds is 6. The van der Waals surface area contributed by atoms with Crippen LogP contribution in [0.3, 0.4) is 0 Å². The van der Waals surface area contributed by atoms with Crippen LogP contribution in [0.1, 0.15) is 28.7 Å². The van der Waals surface area contributed by atoms with Crippen molar-refractivity contribution in [2.24, 2.45) is 0 Å². The zero-order valence-corrected chi connectivity index (χ0v) is 13.8. The van der Waals surface area contributed by atoms with Crippen LogP contribution < -0.4 is 10.1 Å². The third-order valence-electron chi connectivity index (χ3n) is 3.27. The minimum absolute atomic E-state index is 0.142. The summed E-state index contributed by atoms with van der Waals surface area (Å²) in [6, 6.07) is 9.32. The first-order chi connectivity index (χ1) is 11.6. The van der Waals surface area contributed by atoms with E-state index in [1.54, 1.807) is 13.8 Å². The summed E-state index contributed by atoms with van der Waals surface area (Å²) in [7, 11) is 1.41. The van der Waals surface area contributed by atoms with E-state index in [9.17, 15) is 9.59 Å². The third-order valence-corrected chi connectivity index (χ3v) is 3.27. The predicted octanol–water partition coefficient (Wildman–Crippen LogP) is 3.26. The number of aromatic amines is 1. The molecule has 0 saturated heterocycles. The SMILES string of the molecule is CCOC(=O)c1[nH]c(C)c(NC(=O)OCc2ccccc2)c1OC. The Bertz CT molecular complexity index is 709. The highest BCUT2D eigenvalue weighted by Gasteiger charge is 2.24. The summed E-state index contributed by atoms with van der Waals surface area (Å²) in [4.78, 5) is 26.8. The zero-order chi connectivity index (χ0) is 17.5. The number of methoxy groups -OCH3 is 1. The summed E-state index contributed by atoms with van der Waals surface area (Å²) in [5.74, 6) is -0.342. The van der Waals surface area contributed by atoms with Gasteiger partial charge in [0.25, 0.3) is 0 Å². The maximum absolute atomic E-state index is 12.0. The average molecular weight is 332 g/mol. The Morgan fingerprint density at radius 1 is 1.17 bits per heavy atom. The number of H-pyrrole nitrogens is 1. The van der Waals surface area contributed by atoms with Crippen LogP contribution in [-0.4, -0.2) is 30.8 Å². The van der Waals surface area contributed by atoms with Crippen LogP contribution in [0, 0.1) is 6.92 Å². The Kier molecular flexibility index (Phi) is 5.83. The summed E-state index contributed by atoms with van der Waals surface area (Å²) < 4.78 is 15.3. The monoisotopic (exact) mass is 332 g/mol. The van der Waals surface area contributed by atoms with Crippen LogP contribution >= 0.6 is 0 Å². The van der Waals surface area contributed by atoms with Crippen LogP contribution in [0.4, 0.5) is 10.5 Å². The lowest BCUT2D eigenvalue weighted by Gasteiger charge is -2.09. The predicted molar refractivity (Wildman–Crippen MR) is 88.3 cm³/mol. The number of hydrogen-bond acceptors (Lipinski definition) is 5. The van der Waals surface area contributed by atoms with Gasteiger partial charge in [-0.25, -0.2) is 9.59 Å². The zero-order valence-electron chi connectivity index (χ0n) is 13.8. The summed E-state index contributed by atoms with van der Waals surface area (Å²) in [5, 5.41) is 2.59. The number of aromatic nitrogens is 1. The van der Waals surface area contributed by atoms with Gasteiger partial charge in [-0.3, -0.25) is 5.32 Å². The van der Waals surface area contributed by atoms with Gasteiger partial charge < -0.3 is 19.2 Å². The van der Waals surface area contributed by atoms with Crippen molar-refractivity contribution < 1.29 is 23.8 Å². The van der Waals surface area contributed by atoms with Crippen molar-refractivity contribution in [2.75, 3.05) is 19.0 Å². The second kappa shape index (κ2) is 8.05. The third kappa shape index (κ3) is 4.07. The highest BCUT2D eigenvalue weighted by molar-refractivity contribution is 5.97. The van der Waals surface area contributed by atoms with E-state index in [0.29, 0.717) is 11.4 Å². The van der Waals surface area contributed by atoms with Crippen molar-refractivity contribution in [2.45, 2.75) is 20.5 Å². The van der Waals surface area contributed by atoms with Crippen molar-refractivity contribution in [1.29, 1.82) is 0 Å². The van der Waals surface area contributed by atoms with Gasteiger partial charge in [0.2, 0.25) is 0 Å². The van der Waals surface area contributed by atoms with Gasteiger partial charge >= 0.3 is 12.1 Å². The van der Waals surface area contributed by atoms with Crippen molar-refractivity contribution in [1.82, 2.24) is 4.98 Å². The number of esters is 1. The van der Waals surface area contributed by atoms with Crippen molar-refractivity contribution in [3.05, 3.63) is 47.3 Å². The van der Waals surface area contributed by atoms with Gasteiger partial charge in [-0.05, 0) is 19.4 Å². The fraction of sp³-hybridized carbons (Fsp3) is 0.294. The minimum atomic E-state index is -0.644. The van der Waals surface area contributed by atoms with Crippen molar-refractivity contribution in [3.63, 3.8) is 0 Å². The number of ether oxygens (including phenoxy) is 3. The Labute approximate surface area is 139 Å². The van der Waals surface area contributed by atoms with Gasteiger partial charge in [-0.15, -0.1) is 0 Å². The van der Waals surface area contributed by atoms with Gasteiger partial charge in [-0.1, -0.05) is 30.3 Å². The van der Waals surface area contributed by atoms with E-state index in [1.165, 1.54) is 7.11 Å². The molecule has 0 aliphatic rings. The molecule has 2 aromatic rings. The summed E-state index contributed by atoms with van der Waals surface area (Å²) in [6.45, 7) is 3.80. The summed E-state index contributed by atoms with van der Waals surface area (Å²) in [5.41, 5.74) is 1.93. The molecular formula is C17H20N2O5. The molecule has 128 valence electrons. The molecule has 0 aliphatic heterocycles. The number of amides is 1. The lowest BCUT2D eigenvalue weighted by molar-refractivity contribution is 0.0516. The van der Waals surface area contributed by atoms with E-state index in [1.807, 2.05) is 30.3 Å². The number of anilines is 1. The Morgan fingerprint density at radius 2 is 1.88 bits per heavy atom. The molecule has 1 heterocycles. The largest absolute Gasteiger partial charge is 0.492 e. The maximum Gasteiger partial charge on any atom is 0.412 e. The first kappa shape index (κ1) is 17.4. The van der Waals surface area contributed by atoms with Crippen LogP contribution in [0.2, 0.25) is 0 Å². The van der Waals surface area contributed by atoms with Crippen molar-refractivity contribution >= 4 is 17.7 Å². The lowest BCUT2D eigenvalue weighted by atomic mass is 10.2. The van der Waals surface area contributed by atoms with E-state index < -0.39 is 12.1 Å². The molecule has 0 aliphatic carbocycles. The molecule has 2 N–H and O–H groups in total. The van der Waals surface area contributed by atoms with E-state index in [4.69, 9.17) is 14.2 Å². The van der Waals surface area contributed by atoms with Crippen LogP contribution in [0.25, 0.3) is 0 Å². The number of nitrogens with one attached hydrogen (secondary N) is 2. The molecule has 1 amide bonds. The molecule has 0 unspecified atom stereocenters.